The minimum Gasteiger partial charge on any atom is -0.435 e. The van der Waals surface area contributed by atoms with E-state index in [9.17, 15) is 19.5 Å². The molecule has 7 nitrogen and oxygen atoms in total. The fourth-order valence-corrected chi connectivity index (χ4v) is 2.71. The number of quaternary nitrogens is 1. The lowest BCUT2D eigenvalue weighted by Crippen LogP contribution is -2.57. The summed E-state index contributed by atoms with van der Waals surface area (Å²) < 4.78 is 0.855. The highest BCUT2D eigenvalue weighted by Crippen LogP contribution is 2.28. The molecule has 2 atom stereocenters. The molecule has 0 radical (unpaired) electrons. The molecule has 0 spiro atoms. The summed E-state index contributed by atoms with van der Waals surface area (Å²) >= 11 is 0. The highest BCUT2D eigenvalue weighted by Gasteiger charge is 2.51. The van der Waals surface area contributed by atoms with Crippen molar-refractivity contribution in [3.63, 3.8) is 0 Å². The highest BCUT2D eigenvalue weighted by atomic mass is 16.4. The van der Waals surface area contributed by atoms with Gasteiger partial charge in [0, 0.05) is 32.2 Å². The van der Waals surface area contributed by atoms with Gasteiger partial charge in [0.25, 0.3) is 0 Å². The number of imide groups is 1. The van der Waals surface area contributed by atoms with Crippen molar-refractivity contribution in [2.45, 2.75) is 25.8 Å². The van der Waals surface area contributed by atoms with Crippen LogP contribution in [0.1, 0.15) is 30.1 Å². The molecule has 21 heavy (non-hydrogen) atoms. The lowest BCUT2D eigenvalue weighted by atomic mass is 10.2. The first-order valence-corrected chi connectivity index (χ1v) is 6.74. The van der Waals surface area contributed by atoms with E-state index in [2.05, 4.69) is 5.10 Å². The number of carbonyl (C=O) groups is 3. The van der Waals surface area contributed by atoms with E-state index >= 15 is 0 Å². The Morgan fingerprint density at radius 3 is 2.62 bits per heavy atom. The molecule has 0 saturated carbocycles. The first-order valence-electron chi connectivity index (χ1n) is 6.74. The van der Waals surface area contributed by atoms with E-state index in [0.29, 0.717) is 18.4 Å². The fourth-order valence-electron chi connectivity index (χ4n) is 2.71. The second-order valence-electron chi connectivity index (χ2n) is 5.30. The van der Waals surface area contributed by atoms with Crippen molar-refractivity contribution in [3.8, 4) is 0 Å². The van der Waals surface area contributed by atoms with Gasteiger partial charge in [-0.05, 0) is 13.0 Å². The largest absolute Gasteiger partial charge is 0.521 e. The van der Waals surface area contributed by atoms with Crippen LogP contribution in [0.15, 0.2) is 24.5 Å². The van der Waals surface area contributed by atoms with Crippen molar-refractivity contribution in [3.05, 3.63) is 30.1 Å². The van der Waals surface area contributed by atoms with Gasteiger partial charge in [0.2, 0.25) is 0 Å². The molecular formula is C14H18N3O4+. The number of carboxylic acid groups (broad SMARTS) is 1. The number of likely N-dealkylation sites (tertiary alicyclic amines) is 1. The molecule has 1 fully saturated rings. The quantitative estimate of drug-likeness (QED) is 0.516. The molecular weight excluding hydrogens is 274 g/mol. The molecule has 1 saturated heterocycles. The molecule has 0 aliphatic carbocycles. The number of carbonyl (C=O) groups excluding carboxylic acids is 2. The summed E-state index contributed by atoms with van der Waals surface area (Å²) in [5.74, 6) is -0.934. The van der Waals surface area contributed by atoms with Crippen LogP contribution in [0.25, 0.3) is 0 Å². The normalized spacial score (nSPS) is 25.3. The van der Waals surface area contributed by atoms with Crippen molar-refractivity contribution in [1.29, 1.82) is 0 Å². The van der Waals surface area contributed by atoms with Crippen molar-refractivity contribution in [2.75, 3.05) is 6.54 Å². The number of aryl methyl sites for hydroxylation is 1. The third-order valence-corrected chi connectivity index (χ3v) is 3.99. The zero-order chi connectivity index (χ0) is 15.6. The average Bonchev–Trinajstić information content (AvgIpc) is 3.02. The molecule has 1 N–H and O–H groups in total. The molecule has 112 valence electrons. The summed E-state index contributed by atoms with van der Waals surface area (Å²) in [5, 5.41) is 13.3. The molecule has 2 rings (SSSR count). The molecule has 2 amide bonds. The Hall–Kier alpha value is -2.28. The number of amides is 2. The van der Waals surface area contributed by atoms with E-state index < -0.39 is 16.5 Å². The van der Waals surface area contributed by atoms with E-state index in [1.807, 2.05) is 0 Å². The van der Waals surface area contributed by atoms with Crippen LogP contribution in [0.3, 0.4) is 0 Å². The van der Waals surface area contributed by atoms with Crippen molar-refractivity contribution >= 4 is 17.8 Å². The standard InChI is InChI=1S/C14H17N3O4/c1-10-4-3-7-17(10,14(20)21)13(19)6-5-12(18)11-8-15-16(2)9-11/h5-6,8-10H,3-4,7H2,1-2H3/p+1/t10-,17?/m1/s1. The Labute approximate surface area is 122 Å². The summed E-state index contributed by atoms with van der Waals surface area (Å²) in [5.41, 5.74) is 0.359. The molecule has 2 heterocycles. The number of rotatable bonds is 3. The number of aromatic nitrogens is 2. The van der Waals surface area contributed by atoms with Crippen LogP contribution in [0.2, 0.25) is 0 Å². The Morgan fingerprint density at radius 1 is 1.43 bits per heavy atom. The zero-order valence-corrected chi connectivity index (χ0v) is 12.0. The summed E-state index contributed by atoms with van der Waals surface area (Å²) in [6.07, 6.45) is 5.34. The van der Waals surface area contributed by atoms with E-state index in [1.165, 1.54) is 17.1 Å². The predicted molar refractivity (Wildman–Crippen MR) is 73.5 cm³/mol. The fraction of sp³-hybridized carbons (Fsp3) is 0.429. The van der Waals surface area contributed by atoms with Gasteiger partial charge in [-0.25, -0.2) is 4.79 Å². The molecule has 1 aliphatic rings. The average molecular weight is 292 g/mol. The number of hydrogen-bond acceptors (Lipinski definition) is 4. The molecule has 1 aliphatic heterocycles. The van der Waals surface area contributed by atoms with Crippen molar-refractivity contribution in [2.24, 2.45) is 7.05 Å². The van der Waals surface area contributed by atoms with Crippen LogP contribution in [0, 0.1) is 0 Å². The van der Waals surface area contributed by atoms with Gasteiger partial charge in [0.15, 0.2) is 5.78 Å². The summed E-state index contributed by atoms with van der Waals surface area (Å²) in [6, 6.07) is -0.284. The van der Waals surface area contributed by atoms with Gasteiger partial charge >= 0.3 is 12.0 Å². The first-order chi connectivity index (χ1) is 9.87. The third-order valence-electron chi connectivity index (χ3n) is 3.99. The maximum absolute atomic E-state index is 12.3. The monoisotopic (exact) mass is 292 g/mol. The Balaban J connectivity index is 2.18. The van der Waals surface area contributed by atoms with Crippen LogP contribution >= 0.6 is 0 Å². The van der Waals surface area contributed by atoms with Gasteiger partial charge in [-0.2, -0.15) is 14.4 Å². The van der Waals surface area contributed by atoms with E-state index in [1.54, 1.807) is 14.0 Å². The maximum Gasteiger partial charge on any atom is 0.521 e. The smallest absolute Gasteiger partial charge is 0.435 e. The van der Waals surface area contributed by atoms with E-state index in [4.69, 9.17) is 0 Å². The zero-order valence-electron chi connectivity index (χ0n) is 12.0. The number of nitrogens with zero attached hydrogens (tertiary/aromatic N) is 3. The van der Waals surface area contributed by atoms with Crippen LogP contribution in [0.5, 0.6) is 0 Å². The van der Waals surface area contributed by atoms with Crippen LogP contribution in [-0.2, 0) is 11.8 Å². The summed E-state index contributed by atoms with van der Waals surface area (Å²) in [6.45, 7) is 2.01. The van der Waals surface area contributed by atoms with Crippen LogP contribution < -0.4 is 0 Å². The maximum atomic E-state index is 12.3. The number of allylic oxidation sites excluding steroid dienone is 1. The second kappa shape index (κ2) is 5.61. The summed E-state index contributed by atoms with van der Waals surface area (Å²) in [4.78, 5) is 35.7. The summed E-state index contributed by atoms with van der Waals surface area (Å²) in [7, 11) is 1.68. The lowest BCUT2D eigenvalue weighted by Gasteiger charge is -2.28. The molecule has 1 aromatic heterocycles. The minimum atomic E-state index is -1.16. The molecule has 1 aromatic rings. The van der Waals surface area contributed by atoms with Crippen LogP contribution in [0.4, 0.5) is 4.79 Å². The molecule has 7 heteroatoms. The molecule has 0 bridgehead atoms. The molecule has 1 unspecified atom stereocenters. The first kappa shape index (κ1) is 15.1. The second-order valence-corrected chi connectivity index (χ2v) is 5.30. The van der Waals surface area contributed by atoms with Gasteiger partial charge in [0.1, 0.15) is 6.04 Å². The van der Waals surface area contributed by atoms with Crippen molar-refractivity contribution in [1.82, 2.24) is 9.78 Å². The Bertz CT molecular complexity index is 619. The SMILES string of the molecule is C[C@@H]1CCC[N+]1(C(=O)O)C(=O)C=CC(=O)c1cnn(C)c1. The van der Waals surface area contributed by atoms with Gasteiger partial charge in [-0.1, -0.05) is 0 Å². The van der Waals surface area contributed by atoms with Crippen LogP contribution in [-0.4, -0.2) is 49.7 Å². The van der Waals surface area contributed by atoms with Crippen molar-refractivity contribution < 1.29 is 24.0 Å². The van der Waals surface area contributed by atoms with Gasteiger partial charge in [-0.15, -0.1) is 0 Å². The predicted octanol–water partition coefficient (Wildman–Crippen LogP) is 1.36. The third kappa shape index (κ3) is 2.64. The Morgan fingerprint density at radius 2 is 2.14 bits per heavy atom. The Kier molecular flexibility index (Phi) is 4.04. The van der Waals surface area contributed by atoms with Gasteiger partial charge < -0.3 is 5.11 Å². The molecule has 0 aromatic carbocycles. The highest BCUT2D eigenvalue weighted by molar-refractivity contribution is 6.07. The van der Waals surface area contributed by atoms with Gasteiger partial charge in [-0.3, -0.25) is 9.48 Å². The van der Waals surface area contributed by atoms with E-state index in [0.717, 1.165) is 12.2 Å². The number of ketones is 1. The van der Waals surface area contributed by atoms with E-state index in [-0.39, 0.29) is 18.4 Å². The lowest BCUT2D eigenvalue weighted by molar-refractivity contribution is -0.789. The topological polar surface area (TPSA) is 89.3 Å². The minimum absolute atomic E-state index is 0.265. The number of hydrogen-bond donors (Lipinski definition) is 1. The van der Waals surface area contributed by atoms with Gasteiger partial charge in [0.05, 0.1) is 18.3 Å².